The average Bonchev–Trinajstić information content (AvgIpc) is 3.17. The molecule has 5 heteroatoms. The summed E-state index contributed by atoms with van der Waals surface area (Å²) in [6, 6.07) is 0. The van der Waals surface area contributed by atoms with E-state index < -0.39 is 13.5 Å². The summed E-state index contributed by atoms with van der Waals surface area (Å²) < 4.78 is 11.7. The van der Waals surface area contributed by atoms with Gasteiger partial charge < -0.3 is 15.1 Å². The second-order valence-electron chi connectivity index (χ2n) is 8.59. The molecule has 2 rings (SSSR count). The fourth-order valence-corrected chi connectivity index (χ4v) is 5.55. The predicted molar refractivity (Wildman–Crippen MR) is 115 cm³/mol. The zero-order valence-corrected chi connectivity index (χ0v) is 18.4. The number of hydrogen-bond acceptors (Lipinski definition) is 3. The van der Waals surface area contributed by atoms with Gasteiger partial charge >= 0.3 is 0 Å². The molecule has 0 amide bonds. The highest BCUT2D eigenvalue weighted by Crippen LogP contribution is 2.50. The highest BCUT2D eigenvalue weighted by Gasteiger charge is 2.44. The Morgan fingerprint density at radius 2 is 2.11 bits per heavy atom. The number of fused-ring (bicyclic) bond motifs is 1. The van der Waals surface area contributed by atoms with E-state index in [-0.39, 0.29) is 17.9 Å². The highest BCUT2D eigenvalue weighted by molar-refractivity contribution is 7.57. The van der Waals surface area contributed by atoms with E-state index in [0.717, 1.165) is 32.1 Å². The summed E-state index contributed by atoms with van der Waals surface area (Å²) in [5.74, 6) is 7.02. The molecule has 4 nitrogen and oxygen atoms in total. The van der Waals surface area contributed by atoms with E-state index in [1.807, 2.05) is 19.1 Å². The summed E-state index contributed by atoms with van der Waals surface area (Å²) in [7, 11) is -2.91. The second-order valence-corrected chi connectivity index (χ2v) is 11.4. The van der Waals surface area contributed by atoms with Crippen LogP contribution in [0.15, 0.2) is 23.8 Å². The molecule has 0 aromatic rings. The first-order valence-corrected chi connectivity index (χ1v) is 12.7. The normalized spacial score (nSPS) is 32.7. The van der Waals surface area contributed by atoms with Gasteiger partial charge in [-0.3, -0.25) is 4.57 Å². The Balaban J connectivity index is 1.88. The Kier molecular flexibility index (Phi) is 9.03. The van der Waals surface area contributed by atoms with Crippen molar-refractivity contribution in [3.63, 3.8) is 0 Å². The molecule has 0 spiro atoms. The van der Waals surface area contributed by atoms with Crippen molar-refractivity contribution >= 4 is 7.37 Å². The minimum atomic E-state index is -2.91. The third-order valence-electron chi connectivity index (χ3n) is 6.46. The molecule has 0 aliphatic heterocycles. The fourth-order valence-electron chi connectivity index (χ4n) is 4.56. The summed E-state index contributed by atoms with van der Waals surface area (Å²) in [5, 5.41) is 20.8. The maximum absolute atomic E-state index is 11.7. The number of allylic oxidation sites excluding steroid dienone is 2. The molecule has 0 heterocycles. The monoisotopic (exact) mass is 408 g/mol. The minimum Gasteiger partial charge on any atom is -0.392 e. The van der Waals surface area contributed by atoms with Gasteiger partial charge in [-0.15, -0.1) is 11.8 Å². The van der Waals surface area contributed by atoms with Crippen LogP contribution in [0.3, 0.4) is 0 Å². The molecule has 2 saturated carbocycles. The van der Waals surface area contributed by atoms with Crippen molar-refractivity contribution in [3.8, 4) is 11.8 Å². The minimum absolute atomic E-state index is 0.0858. The number of unbranched alkanes of at least 4 members (excludes halogenated alkanes) is 1. The van der Waals surface area contributed by atoms with Crippen LogP contribution in [0.1, 0.15) is 59.3 Å². The molecule has 0 saturated heterocycles. The molecule has 7 atom stereocenters. The van der Waals surface area contributed by atoms with Gasteiger partial charge in [0.15, 0.2) is 7.37 Å². The van der Waals surface area contributed by atoms with Crippen molar-refractivity contribution in [2.24, 2.45) is 23.7 Å². The third kappa shape index (κ3) is 6.60. The Morgan fingerprint density at radius 3 is 2.79 bits per heavy atom. The van der Waals surface area contributed by atoms with Gasteiger partial charge in [-0.2, -0.15) is 0 Å². The number of aliphatic hydroxyl groups excluding tert-OH is 2. The van der Waals surface area contributed by atoms with Crippen LogP contribution in [-0.4, -0.2) is 39.6 Å². The quantitative estimate of drug-likeness (QED) is 0.229. The van der Waals surface area contributed by atoms with Gasteiger partial charge in [0.05, 0.1) is 12.2 Å². The maximum Gasteiger partial charge on any atom is 0.200 e. The van der Waals surface area contributed by atoms with Gasteiger partial charge in [-0.25, -0.2) is 0 Å². The Labute approximate surface area is 170 Å². The maximum atomic E-state index is 11.7. The van der Waals surface area contributed by atoms with Crippen LogP contribution in [0.5, 0.6) is 0 Å². The van der Waals surface area contributed by atoms with E-state index in [1.165, 1.54) is 5.57 Å². The number of hydrogen-bond donors (Lipinski definition) is 3. The van der Waals surface area contributed by atoms with Gasteiger partial charge in [0.1, 0.15) is 0 Å². The van der Waals surface area contributed by atoms with Crippen LogP contribution in [0.4, 0.5) is 0 Å². The lowest BCUT2D eigenvalue weighted by atomic mass is 9.89. The Bertz CT molecular complexity index is 672. The highest BCUT2D eigenvalue weighted by atomic mass is 31.2. The average molecular weight is 409 g/mol. The van der Waals surface area contributed by atoms with Crippen LogP contribution in [0.2, 0.25) is 0 Å². The molecule has 28 heavy (non-hydrogen) atoms. The smallest absolute Gasteiger partial charge is 0.200 e. The number of rotatable bonds is 9. The Hall–Kier alpha value is -0.850. The summed E-state index contributed by atoms with van der Waals surface area (Å²) in [6.07, 6.45) is 11.2. The molecule has 158 valence electrons. The molecule has 0 radical (unpaired) electrons. The van der Waals surface area contributed by atoms with Gasteiger partial charge in [-0.1, -0.05) is 37.6 Å². The van der Waals surface area contributed by atoms with Crippen LogP contribution in [-0.2, 0) is 4.57 Å². The molecule has 2 aliphatic rings. The van der Waals surface area contributed by atoms with Crippen molar-refractivity contribution in [1.29, 1.82) is 0 Å². The first kappa shape index (κ1) is 23.4. The number of aliphatic hydroxyl groups is 2. The zero-order chi connectivity index (χ0) is 20.7. The van der Waals surface area contributed by atoms with Gasteiger partial charge in [-0.05, 0) is 56.8 Å². The molecule has 2 aliphatic carbocycles. The van der Waals surface area contributed by atoms with Crippen LogP contribution in [0, 0.1) is 35.5 Å². The van der Waals surface area contributed by atoms with E-state index >= 15 is 0 Å². The van der Waals surface area contributed by atoms with E-state index in [1.54, 1.807) is 13.8 Å². The van der Waals surface area contributed by atoms with Crippen LogP contribution in [0.25, 0.3) is 0 Å². The van der Waals surface area contributed by atoms with Crippen molar-refractivity contribution < 1.29 is 19.7 Å². The summed E-state index contributed by atoms with van der Waals surface area (Å²) in [5.41, 5.74) is 1.43. The van der Waals surface area contributed by atoms with Crippen LogP contribution >= 0.6 is 7.37 Å². The zero-order valence-electron chi connectivity index (χ0n) is 17.6. The topological polar surface area (TPSA) is 77.8 Å². The lowest BCUT2D eigenvalue weighted by Gasteiger charge is -2.19. The van der Waals surface area contributed by atoms with Crippen molar-refractivity contribution in [1.82, 2.24) is 0 Å². The van der Waals surface area contributed by atoms with Gasteiger partial charge in [0.2, 0.25) is 0 Å². The van der Waals surface area contributed by atoms with Gasteiger partial charge in [0.25, 0.3) is 0 Å². The van der Waals surface area contributed by atoms with Crippen molar-refractivity contribution in [3.05, 3.63) is 23.8 Å². The first-order chi connectivity index (χ1) is 13.3. The van der Waals surface area contributed by atoms with E-state index in [2.05, 4.69) is 17.9 Å². The molecular weight excluding hydrogens is 371 g/mol. The molecule has 4 unspecified atom stereocenters. The largest absolute Gasteiger partial charge is 0.392 e. The van der Waals surface area contributed by atoms with Crippen molar-refractivity contribution in [2.45, 2.75) is 71.5 Å². The molecule has 0 aromatic carbocycles. The molecule has 2 fully saturated rings. The molecular formula is C23H37O4P. The van der Waals surface area contributed by atoms with E-state index in [4.69, 9.17) is 0 Å². The fraction of sp³-hybridized carbons (Fsp3) is 0.739. The second kappa shape index (κ2) is 10.8. The molecule has 0 bridgehead atoms. The molecule has 0 aromatic heterocycles. The summed E-state index contributed by atoms with van der Waals surface area (Å²) in [6.45, 7) is 5.57. The lowest BCUT2D eigenvalue weighted by Crippen LogP contribution is -2.19. The van der Waals surface area contributed by atoms with Gasteiger partial charge in [0, 0.05) is 24.7 Å². The lowest BCUT2D eigenvalue weighted by molar-refractivity contribution is 0.137. The summed E-state index contributed by atoms with van der Waals surface area (Å²) >= 11 is 0. The third-order valence-corrected chi connectivity index (χ3v) is 8.47. The Morgan fingerprint density at radius 1 is 1.36 bits per heavy atom. The summed E-state index contributed by atoms with van der Waals surface area (Å²) in [4.78, 5) is 9.67. The first-order valence-electron chi connectivity index (χ1n) is 10.7. The van der Waals surface area contributed by atoms with Crippen LogP contribution < -0.4 is 0 Å². The van der Waals surface area contributed by atoms with Crippen molar-refractivity contribution in [2.75, 3.05) is 12.3 Å². The van der Waals surface area contributed by atoms with E-state index in [9.17, 15) is 19.7 Å². The molecule has 3 N–H and O–H groups in total. The van der Waals surface area contributed by atoms with E-state index in [0.29, 0.717) is 30.6 Å². The predicted octanol–water partition coefficient (Wildman–Crippen LogP) is 4.36. The standard InChI is InChI=1S/C23H37O4P/c1-4-6-9-17(3)22(24)12-11-20-21-15-18(14-19(21)16-23(20)25)10-7-8-13-28(26,27)5-2/h10-12,17,19-25H,5,7-9,13-16H2,1-3H3,(H,26,27)/b12-11+,18-10+/t17?,19?,20-,21+,22?,23-/m1/s1. The SMILES string of the molecule is CC#CCC(C)C(O)/C=C/[C@H]1[C@H](O)CC2C/C(=C\CCCP(=O)(O)CC)C[C@@H]21.